The lowest BCUT2D eigenvalue weighted by Crippen LogP contribution is -2.32. The van der Waals surface area contributed by atoms with Gasteiger partial charge in [0.2, 0.25) is 5.91 Å². The maximum atomic E-state index is 11.9. The number of amides is 1. The third-order valence-electron chi connectivity index (χ3n) is 2.60. The van der Waals surface area contributed by atoms with Crippen LogP contribution in [0.4, 0.5) is 5.69 Å². The van der Waals surface area contributed by atoms with Crippen LogP contribution in [0.3, 0.4) is 0 Å². The molecule has 2 N–H and O–H groups in total. The van der Waals surface area contributed by atoms with E-state index < -0.39 is 5.97 Å². The molecule has 0 saturated carbocycles. The zero-order valence-corrected chi connectivity index (χ0v) is 12.8. The second kappa shape index (κ2) is 8.67. The van der Waals surface area contributed by atoms with E-state index in [1.54, 1.807) is 29.2 Å². The molecule has 0 atom stereocenters. The summed E-state index contributed by atoms with van der Waals surface area (Å²) in [5, 5.41) is 12.3. The second-order valence-corrected chi connectivity index (χ2v) is 5.18. The van der Waals surface area contributed by atoms with Crippen molar-refractivity contribution in [1.29, 1.82) is 0 Å². The number of hydrogen-bond acceptors (Lipinski definition) is 3. The first-order valence-electron chi connectivity index (χ1n) is 6.22. The molecule has 1 aromatic rings. The van der Waals surface area contributed by atoms with Crippen LogP contribution >= 0.6 is 23.2 Å². The molecule has 0 aromatic heterocycles. The number of nitrogens with one attached hydrogen (secondary N) is 1. The van der Waals surface area contributed by atoms with E-state index in [0.717, 1.165) is 0 Å². The molecule has 0 fully saturated rings. The van der Waals surface area contributed by atoms with Crippen molar-refractivity contribution in [2.45, 2.75) is 6.42 Å². The third kappa shape index (κ3) is 6.62. The van der Waals surface area contributed by atoms with Gasteiger partial charge in [-0.3, -0.25) is 14.5 Å². The molecule has 21 heavy (non-hydrogen) atoms. The Kier molecular flexibility index (Phi) is 7.22. The van der Waals surface area contributed by atoms with Crippen molar-refractivity contribution in [3.8, 4) is 0 Å². The number of aliphatic carboxylic acids is 1. The van der Waals surface area contributed by atoms with E-state index in [2.05, 4.69) is 11.9 Å². The molecule has 1 rings (SSSR count). The molecule has 7 heteroatoms. The summed E-state index contributed by atoms with van der Waals surface area (Å²) in [5.41, 5.74) is 0.433. The number of hydrogen-bond donors (Lipinski definition) is 2. The largest absolute Gasteiger partial charge is 0.480 e. The maximum absolute atomic E-state index is 11.9. The standard InChI is InChI=1S/C14H16Cl2N2O3/c1-2-6-18(9-14(20)21)7-5-13(19)17-12-8-10(15)3-4-11(12)16/h2-4,8H,1,5-7,9H2,(H,17,19)(H,20,21). The molecule has 0 bridgehead atoms. The minimum atomic E-state index is -0.949. The Hall–Kier alpha value is -1.56. The summed E-state index contributed by atoms with van der Waals surface area (Å²) in [7, 11) is 0. The van der Waals surface area contributed by atoms with Gasteiger partial charge in [0.1, 0.15) is 0 Å². The van der Waals surface area contributed by atoms with Gasteiger partial charge in [-0.2, -0.15) is 0 Å². The van der Waals surface area contributed by atoms with Crippen molar-refractivity contribution < 1.29 is 14.7 Å². The van der Waals surface area contributed by atoms with E-state index in [1.807, 2.05) is 0 Å². The minimum absolute atomic E-state index is 0.142. The van der Waals surface area contributed by atoms with E-state index in [4.69, 9.17) is 28.3 Å². The number of rotatable bonds is 8. The van der Waals surface area contributed by atoms with Gasteiger partial charge in [0.15, 0.2) is 0 Å². The van der Waals surface area contributed by atoms with E-state index >= 15 is 0 Å². The molecule has 1 amide bonds. The number of benzene rings is 1. The molecule has 114 valence electrons. The molecular weight excluding hydrogens is 315 g/mol. The Balaban J connectivity index is 2.54. The van der Waals surface area contributed by atoms with Gasteiger partial charge in [-0.1, -0.05) is 29.3 Å². The van der Waals surface area contributed by atoms with Crippen LogP contribution in [0, 0.1) is 0 Å². The lowest BCUT2D eigenvalue weighted by atomic mass is 10.3. The quantitative estimate of drug-likeness (QED) is 0.719. The minimum Gasteiger partial charge on any atom is -0.480 e. The number of carboxylic acid groups (broad SMARTS) is 1. The topological polar surface area (TPSA) is 69.6 Å². The second-order valence-electron chi connectivity index (χ2n) is 4.34. The van der Waals surface area contributed by atoms with Crippen LogP contribution in [0.5, 0.6) is 0 Å². The van der Waals surface area contributed by atoms with Crippen molar-refractivity contribution in [2.75, 3.05) is 25.0 Å². The summed E-state index contributed by atoms with van der Waals surface area (Å²) in [6.45, 7) is 4.12. The van der Waals surface area contributed by atoms with E-state index in [-0.39, 0.29) is 18.9 Å². The van der Waals surface area contributed by atoms with E-state index in [9.17, 15) is 9.59 Å². The van der Waals surface area contributed by atoms with Crippen molar-refractivity contribution in [1.82, 2.24) is 4.90 Å². The molecular formula is C14H16Cl2N2O3. The first kappa shape index (κ1) is 17.5. The zero-order chi connectivity index (χ0) is 15.8. The molecule has 0 spiro atoms. The molecule has 0 aliphatic rings. The molecule has 0 aliphatic heterocycles. The highest BCUT2D eigenvalue weighted by molar-refractivity contribution is 6.35. The van der Waals surface area contributed by atoms with Crippen molar-refractivity contribution in [3.05, 3.63) is 40.9 Å². The Labute approximate surface area is 133 Å². The number of nitrogens with zero attached hydrogens (tertiary/aromatic N) is 1. The smallest absolute Gasteiger partial charge is 0.317 e. The number of carbonyl (C=O) groups is 2. The summed E-state index contributed by atoms with van der Waals surface area (Å²) >= 11 is 11.8. The Morgan fingerprint density at radius 1 is 1.38 bits per heavy atom. The monoisotopic (exact) mass is 330 g/mol. The summed E-state index contributed by atoms with van der Waals surface area (Å²) in [6.07, 6.45) is 1.73. The predicted molar refractivity (Wildman–Crippen MR) is 84.0 cm³/mol. The lowest BCUT2D eigenvalue weighted by Gasteiger charge is -2.17. The summed E-state index contributed by atoms with van der Waals surface area (Å²) in [5.74, 6) is -1.21. The van der Waals surface area contributed by atoms with Crippen LogP contribution in [0.15, 0.2) is 30.9 Å². The summed E-state index contributed by atoms with van der Waals surface area (Å²) in [6, 6.07) is 4.77. The molecule has 0 saturated heterocycles. The van der Waals surface area contributed by atoms with Crippen LogP contribution in [-0.4, -0.2) is 41.5 Å². The normalized spacial score (nSPS) is 10.4. The van der Waals surface area contributed by atoms with Gasteiger partial charge in [-0.05, 0) is 18.2 Å². The van der Waals surface area contributed by atoms with E-state index in [0.29, 0.717) is 28.8 Å². The first-order chi connectivity index (χ1) is 9.92. The molecule has 0 heterocycles. The summed E-state index contributed by atoms with van der Waals surface area (Å²) < 4.78 is 0. The van der Waals surface area contributed by atoms with Crippen LogP contribution in [0.2, 0.25) is 10.0 Å². The molecule has 5 nitrogen and oxygen atoms in total. The highest BCUT2D eigenvalue weighted by atomic mass is 35.5. The molecule has 0 aliphatic carbocycles. The van der Waals surface area contributed by atoms with Gasteiger partial charge in [0.25, 0.3) is 0 Å². The van der Waals surface area contributed by atoms with Gasteiger partial charge in [0.05, 0.1) is 17.3 Å². The van der Waals surface area contributed by atoms with Gasteiger partial charge < -0.3 is 10.4 Å². The Bertz CT molecular complexity index is 535. The predicted octanol–water partition coefficient (Wildman–Crippen LogP) is 2.89. The van der Waals surface area contributed by atoms with Crippen LogP contribution in [-0.2, 0) is 9.59 Å². The number of carboxylic acids is 1. The third-order valence-corrected chi connectivity index (χ3v) is 3.17. The lowest BCUT2D eigenvalue weighted by molar-refractivity contribution is -0.138. The molecule has 0 unspecified atom stereocenters. The van der Waals surface area contributed by atoms with E-state index in [1.165, 1.54) is 0 Å². The van der Waals surface area contributed by atoms with Crippen molar-refractivity contribution in [3.63, 3.8) is 0 Å². The average Bonchev–Trinajstić information content (AvgIpc) is 2.40. The van der Waals surface area contributed by atoms with Gasteiger partial charge >= 0.3 is 5.97 Å². The first-order valence-corrected chi connectivity index (χ1v) is 6.98. The zero-order valence-electron chi connectivity index (χ0n) is 11.3. The van der Waals surface area contributed by atoms with Crippen LogP contribution in [0.1, 0.15) is 6.42 Å². The molecule has 0 radical (unpaired) electrons. The molecule has 1 aromatic carbocycles. The van der Waals surface area contributed by atoms with Crippen LogP contribution in [0.25, 0.3) is 0 Å². The highest BCUT2D eigenvalue weighted by Crippen LogP contribution is 2.25. The Morgan fingerprint density at radius 3 is 2.71 bits per heavy atom. The SMILES string of the molecule is C=CCN(CCC(=O)Nc1cc(Cl)ccc1Cl)CC(=O)O. The van der Waals surface area contributed by atoms with Crippen molar-refractivity contribution in [2.24, 2.45) is 0 Å². The Morgan fingerprint density at radius 2 is 2.10 bits per heavy atom. The van der Waals surface area contributed by atoms with Crippen molar-refractivity contribution >= 4 is 40.8 Å². The fourth-order valence-corrected chi connectivity index (χ4v) is 2.01. The summed E-state index contributed by atoms with van der Waals surface area (Å²) in [4.78, 5) is 24.2. The van der Waals surface area contributed by atoms with Gasteiger partial charge in [0, 0.05) is 24.5 Å². The highest BCUT2D eigenvalue weighted by Gasteiger charge is 2.11. The van der Waals surface area contributed by atoms with Gasteiger partial charge in [-0.15, -0.1) is 6.58 Å². The number of halogens is 2. The van der Waals surface area contributed by atoms with Crippen LogP contribution < -0.4 is 5.32 Å². The number of carbonyl (C=O) groups excluding carboxylic acids is 1. The van der Waals surface area contributed by atoms with Gasteiger partial charge in [-0.25, -0.2) is 0 Å². The number of anilines is 1. The maximum Gasteiger partial charge on any atom is 0.317 e. The average molecular weight is 331 g/mol. The fraction of sp³-hybridized carbons (Fsp3) is 0.286. The fourth-order valence-electron chi connectivity index (χ4n) is 1.67.